The van der Waals surface area contributed by atoms with E-state index in [0.29, 0.717) is 6.61 Å². The Kier molecular flexibility index (Phi) is 5.14. The Morgan fingerprint density at radius 2 is 2.19 bits per heavy atom. The number of amides is 1. The van der Waals surface area contributed by atoms with E-state index in [9.17, 15) is 4.79 Å². The van der Waals surface area contributed by atoms with Gasteiger partial charge in [-0.25, -0.2) is 4.98 Å². The van der Waals surface area contributed by atoms with Crippen LogP contribution >= 0.6 is 0 Å². The van der Waals surface area contributed by atoms with Gasteiger partial charge in [-0.15, -0.1) is 0 Å². The maximum Gasteiger partial charge on any atom is 0.233 e. The Hall–Kier alpha value is -1.66. The van der Waals surface area contributed by atoms with Gasteiger partial charge in [-0.1, -0.05) is 0 Å². The van der Waals surface area contributed by atoms with Crippen LogP contribution in [0.3, 0.4) is 0 Å². The number of rotatable bonds is 5. The highest BCUT2D eigenvalue weighted by atomic mass is 16.5. The number of ether oxygens (including phenoxy) is 1. The molecule has 6 nitrogen and oxygen atoms in total. The Morgan fingerprint density at radius 3 is 2.81 bits per heavy atom. The summed E-state index contributed by atoms with van der Waals surface area (Å²) in [5, 5.41) is 6.33. The van der Waals surface area contributed by atoms with Crippen molar-refractivity contribution in [1.29, 1.82) is 0 Å². The van der Waals surface area contributed by atoms with Crippen LogP contribution in [0.4, 0.5) is 11.5 Å². The SMILES string of the molecule is COCC1(C(=O)Nc2cccnc2N(C)C)CCNCC1. The molecule has 2 rings (SSSR count). The molecule has 0 unspecified atom stereocenters. The van der Waals surface area contributed by atoms with Gasteiger partial charge in [-0.05, 0) is 38.1 Å². The van der Waals surface area contributed by atoms with E-state index in [4.69, 9.17) is 4.74 Å². The smallest absolute Gasteiger partial charge is 0.233 e. The molecule has 6 heteroatoms. The summed E-state index contributed by atoms with van der Waals surface area (Å²) in [6, 6.07) is 3.70. The van der Waals surface area contributed by atoms with Crippen molar-refractivity contribution in [3.63, 3.8) is 0 Å². The predicted octanol–water partition coefficient (Wildman–Crippen LogP) is 1.10. The highest BCUT2D eigenvalue weighted by Gasteiger charge is 2.39. The molecule has 1 fully saturated rings. The highest BCUT2D eigenvalue weighted by molar-refractivity contribution is 5.97. The van der Waals surface area contributed by atoms with Gasteiger partial charge in [0.1, 0.15) is 0 Å². The third-order valence-corrected chi connectivity index (χ3v) is 3.92. The zero-order valence-corrected chi connectivity index (χ0v) is 13.0. The van der Waals surface area contributed by atoms with Crippen molar-refractivity contribution < 1.29 is 9.53 Å². The molecule has 0 radical (unpaired) electrons. The van der Waals surface area contributed by atoms with Gasteiger partial charge in [0, 0.05) is 27.4 Å². The number of anilines is 2. The van der Waals surface area contributed by atoms with Crippen molar-refractivity contribution in [3.05, 3.63) is 18.3 Å². The Bertz CT molecular complexity index is 479. The lowest BCUT2D eigenvalue weighted by Crippen LogP contribution is -2.47. The lowest BCUT2D eigenvalue weighted by molar-refractivity contribution is -0.130. The number of hydrogen-bond donors (Lipinski definition) is 2. The van der Waals surface area contributed by atoms with Gasteiger partial charge in [0.25, 0.3) is 0 Å². The fourth-order valence-electron chi connectivity index (χ4n) is 2.72. The number of nitrogens with zero attached hydrogens (tertiary/aromatic N) is 2. The van der Waals surface area contributed by atoms with Gasteiger partial charge >= 0.3 is 0 Å². The fourth-order valence-corrected chi connectivity index (χ4v) is 2.72. The summed E-state index contributed by atoms with van der Waals surface area (Å²) < 4.78 is 5.31. The molecule has 1 aliphatic rings. The van der Waals surface area contributed by atoms with Crippen molar-refractivity contribution >= 4 is 17.4 Å². The summed E-state index contributed by atoms with van der Waals surface area (Å²) in [6.07, 6.45) is 3.29. The molecular weight excluding hydrogens is 268 g/mol. The van der Waals surface area contributed by atoms with Crippen LogP contribution in [-0.4, -0.2) is 51.8 Å². The van der Waals surface area contributed by atoms with Crippen LogP contribution in [0.15, 0.2) is 18.3 Å². The molecule has 0 aliphatic carbocycles. The molecule has 2 N–H and O–H groups in total. The van der Waals surface area contributed by atoms with Gasteiger partial charge in [0.2, 0.25) is 5.91 Å². The maximum absolute atomic E-state index is 12.8. The molecule has 0 bridgehead atoms. The average molecular weight is 292 g/mol. The largest absolute Gasteiger partial charge is 0.384 e. The number of carbonyl (C=O) groups is 1. The summed E-state index contributed by atoms with van der Waals surface area (Å²) in [5.41, 5.74) is 0.279. The van der Waals surface area contributed by atoms with Gasteiger partial charge < -0.3 is 20.3 Å². The molecule has 1 aromatic heterocycles. The van der Waals surface area contributed by atoms with E-state index in [0.717, 1.165) is 37.4 Å². The topological polar surface area (TPSA) is 66.5 Å². The molecule has 0 saturated carbocycles. The summed E-state index contributed by atoms with van der Waals surface area (Å²) >= 11 is 0. The number of methoxy groups -OCH3 is 1. The molecule has 0 atom stereocenters. The van der Waals surface area contributed by atoms with E-state index in [1.54, 1.807) is 13.3 Å². The third kappa shape index (κ3) is 3.51. The highest BCUT2D eigenvalue weighted by Crippen LogP contribution is 2.32. The van der Waals surface area contributed by atoms with Gasteiger partial charge in [0.05, 0.1) is 17.7 Å². The van der Waals surface area contributed by atoms with Crippen molar-refractivity contribution in [2.24, 2.45) is 5.41 Å². The van der Waals surface area contributed by atoms with E-state index < -0.39 is 5.41 Å². The summed E-state index contributed by atoms with van der Waals surface area (Å²) in [4.78, 5) is 19.0. The molecule has 1 saturated heterocycles. The minimum Gasteiger partial charge on any atom is -0.384 e. The molecule has 21 heavy (non-hydrogen) atoms. The van der Waals surface area contributed by atoms with Gasteiger partial charge in [-0.3, -0.25) is 4.79 Å². The molecule has 2 heterocycles. The first-order chi connectivity index (χ1) is 10.1. The standard InChI is InChI=1S/C15H24N4O2/c1-19(2)13-12(5-4-8-17-13)18-14(20)15(11-21-3)6-9-16-10-7-15/h4-5,8,16H,6-7,9-11H2,1-3H3,(H,18,20). The van der Waals surface area contributed by atoms with Crippen molar-refractivity contribution in [1.82, 2.24) is 10.3 Å². The van der Waals surface area contributed by atoms with Crippen LogP contribution in [0.2, 0.25) is 0 Å². The molecule has 0 aromatic carbocycles. The van der Waals surface area contributed by atoms with E-state index >= 15 is 0 Å². The van der Waals surface area contributed by atoms with Crippen molar-refractivity contribution in [3.8, 4) is 0 Å². The van der Waals surface area contributed by atoms with E-state index in [-0.39, 0.29) is 5.91 Å². The lowest BCUT2D eigenvalue weighted by atomic mass is 9.78. The first kappa shape index (κ1) is 15.7. The summed E-state index contributed by atoms with van der Waals surface area (Å²) in [5.74, 6) is 0.773. The molecule has 1 amide bonds. The lowest BCUT2D eigenvalue weighted by Gasteiger charge is -2.35. The molecule has 116 valence electrons. The van der Waals surface area contributed by atoms with Crippen LogP contribution in [0, 0.1) is 5.41 Å². The second-order valence-corrected chi connectivity index (χ2v) is 5.69. The zero-order chi connectivity index (χ0) is 15.3. The van der Waals surface area contributed by atoms with E-state index in [2.05, 4.69) is 15.6 Å². The molecule has 1 aromatic rings. The number of pyridine rings is 1. The van der Waals surface area contributed by atoms with Crippen LogP contribution in [0.1, 0.15) is 12.8 Å². The Balaban J connectivity index is 2.19. The summed E-state index contributed by atoms with van der Waals surface area (Å²) in [7, 11) is 5.47. The number of piperidine rings is 1. The first-order valence-electron chi connectivity index (χ1n) is 7.22. The van der Waals surface area contributed by atoms with Crippen LogP contribution < -0.4 is 15.5 Å². The van der Waals surface area contributed by atoms with Gasteiger partial charge in [0.15, 0.2) is 5.82 Å². The molecule has 0 spiro atoms. The number of carbonyl (C=O) groups excluding carboxylic acids is 1. The number of hydrogen-bond acceptors (Lipinski definition) is 5. The molecule has 1 aliphatic heterocycles. The minimum absolute atomic E-state index is 0.0157. The third-order valence-electron chi connectivity index (χ3n) is 3.92. The van der Waals surface area contributed by atoms with E-state index in [1.807, 2.05) is 31.1 Å². The first-order valence-corrected chi connectivity index (χ1v) is 7.22. The van der Waals surface area contributed by atoms with Gasteiger partial charge in [-0.2, -0.15) is 0 Å². The van der Waals surface area contributed by atoms with Crippen molar-refractivity contribution in [2.75, 3.05) is 51.1 Å². The Morgan fingerprint density at radius 1 is 1.48 bits per heavy atom. The van der Waals surface area contributed by atoms with Crippen LogP contribution in [0.5, 0.6) is 0 Å². The second-order valence-electron chi connectivity index (χ2n) is 5.69. The van der Waals surface area contributed by atoms with Crippen molar-refractivity contribution in [2.45, 2.75) is 12.8 Å². The number of aromatic nitrogens is 1. The average Bonchev–Trinajstić information content (AvgIpc) is 2.49. The predicted molar refractivity (Wildman–Crippen MR) is 83.6 cm³/mol. The molecular formula is C15H24N4O2. The van der Waals surface area contributed by atoms with Crippen LogP contribution in [0.25, 0.3) is 0 Å². The normalized spacial score (nSPS) is 17.3. The zero-order valence-electron chi connectivity index (χ0n) is 13.0. The van der Waals surface area contributed by atoms with Crippen LogP contribution in [-0.2, 0) is 9.53 Å². The number of nitrogens with one attached hydrogen (secondary N) is 2. The Labute approximate surface area is 125 Å². The summed E-state index contributed by atoms with van der Waals surface area (Å²) in [6.45, 7) is 2.12. The van der Waals surface area contributed by atoms with E-state index in [1.165, 1.54) is 0 Å². The maximum atomic E-state index is 12.8. The minimum atomic E-state index is -0.459. The second kappa shape index (κ2) is 6.87. The quantitative estimate of drug-likeness (QED) is 0.851. The monoisotopic (exact) mass is 292 g/mol. The fraction of sp³-hybridized carbons (Fsp3) is 0.600.